The molecule has 1 aliphatic heterocycles. The number of hydrogen-bond donors (Lipinski definition) is 3. The van der Waals surface area contributed by atoms with Crippen LogP contribution in [0.15, 0.2) is 47.7 Å². The second kappa shape index (κ2) is 8.13. The summed E-state index contributed by atoms with van der Waals surface area (Å²) in [6, 6.07) is 6.88. The Morgan fingerprint density at radius 1 is 1.30 bits per heavy atom. The quantitative estimate of drug-likeness (QED) is 0.558. The zero-order chi connectivity index (χ0) is 19.4. The Hall–Kier alpha value is -3.00. The van der Waals surface area contributed by atoms with E-state index in [-0.39, 0.29) is 12.1 Å². The third kappa shape index (κ3) is 4.40. The summed E-state index contributed by atoms with van der Waals surface area (Å²) in [6.45, 7) is 2.66. The number of carbonyl (C=O) groups excluding carboxylic acids is 2. The van der Waals surface area contributed by atoms with E-state index in [1.807, 2.05) is 13.0 Å². The number of nitrogens with zero attached hydrogens (tertiary/aromatic N) is 1. The molecule has 0 spiro atoms. The minimum atomic E-state index is -0.486. The van der Waals surface area contributed by atoms with E-state index < -0.39 is 11.8 Å². The van der Waals surface area contributed by atoms with Crippen molar-refractivity contribution in [3.05, 3.63) is 47.7 Å². The second-order valence-corrected chi connectivity index (χ2v) is 6.55. The zero-order valence-corrected chi connectivity index (χ0v) is 15.3. The van der Waals surface area contributed by atoms with E-state index in [1.165, 1.54) is 0 Å². The summed E-state index contributed by atoms with van der Waals surface area (Å²) < 4.78 is 11.0. The molecule has 3 rings (SSSR count). The minimum Gasteiger partial charge on any atom is -0.497 e. The first-order valence-electron chi connectivity index (χ1n) is 8.72. The Bertz CT molecular complexity index is 772. The van der Waals surface area contributed by atoms with Gasteiger partial charge in [0.1, 0.15) is 17.6 Å². The summed E-state index contributed by atoms with van der Waals surface area (Å²) in [4.78, 5) is 26.0. The van der Waals surface area contributed by atoms with E-state index in [2.05, 4.69) is 5.32 Å². The third-order valence-electron chi connectivity index (χ3n) is 4.53. The highest BCUT2D eigenvalue weighted by atomic mass is 16.5. The summed E-state index contributed by atoms with van der Waals surface area (Å²) in [5.41, 5.74) is 3.19. The molecule has 2 atom stereocenters. The van der Waals surface area contributed by atoms with Crippen LogP contribution in [0.2, 0.25) is 0 Å². The van der Waals surface area contributed by atoms with Gasteiger partial charge in [-0.3, -0.25) is 10.0 Å². The topological polar surface area (TPSA) is 100 Å². The van der Waals surface area contributed by atoms with Crippen molar-refractivity contribution in [3.63, 3.8) is 0 Å². The molecule has 3 N–H and O–H groups in total. The molecule has 1 fully saturated rings. The van der Waals surface area contributed by atoms with E-state index in [9.17, 15) is 9.59 Å². The maximum Gasteiger partial charge on any atom is 0.322 e. The van der Waals surface area contributed by atoms with Crippen molar-refractivity contribution in [1.29, 1.82) is 0 Å². The fourth-order valence-electron chi connectivity index (χ4n) is 3.12. The van der Waals surface area contributed by atoms with E-state index in [0.29, 0.717) is 36.7 Å². The summed E-state index contributed by atoms with van der Waals surface area (Å²) in [7, 11) is 1.59. The molecule has 1 aromatic rings. The Kier molecular flexibility index (Phi) is 5.66. The van der Waals surface area contributed by atoms with Crippen LogP contribution in [-0.4, -0.2) is 48.3 Å². The molecule has 8 heteroatoms. The molecular weight excluding hydrogens is 350 g/mol. The molecule has 0 aromatic heterocycles. The number of urea groups is 1. The first kappa shape index (κ1) is 18.8. The molecule has 0 bridgehead atoms. The van der Waals surface area contributed by atoms with E-state index >= 15 is 0 Å². The summed E-state index contributed by atoms with van der Waals surface area (Å²) in [5.74, 6) is 0.337. The molecule has 1 heterocycles. The van der Waals surface area contributed by atoms with E-state index in [0.717, 1.165) is 5.57 Å². The first-order valence-corrected chi connectivity index (χ1v) is 8.72. The maximum absolute atomic E-state index is 12.7. The van der Waals surface area contributed by atoms with Crippen LogP contribution in [0.4, 0.5) is 10.5 Å². The molecule has 3 amide bonds. The smallest absolute Gasteiger partial charge is 0.322 e. The van der Waals surface area contributed by atoms with Gasteiger partial charge in [-0.15, -0.1) is 0 Å². The molecular formula is C19H23N3O5. The Balaban J connectivity index is 1.71. The van der Waals surface area contributed by atoms with E-state index in [4.69, 9.17) is 14.7 Å². The van der Waals surface area contributed by atoms with Crippen LogP contribution < -0.4 is 15.5 Å². The zero-order valence-electron chi connectivity index (χ0n) is 15.3. The van der Waals surface area contributed by atoms with Crippen LogP contribution >= 0.6 is 0 Å². The van der Waals surface area contributed by atoms with E-state index in [1.54, 1.807) is 47.8 Å². The monoisotopic (exact) mass is 373 g/mol. The van der Waals surface area contributed by atoms with Crippen LogP contribution in [0.1, 0.15) is 13.3 Å². The van der Waals surface area contributed by atoms with Crippen molar-refractivity contribution in [2.75, 3.05) is 25.5 Å². The number of nitrogens with one attached hydrogen (secondary N) is 2. The van der Waals surface area contributed by atoms with Crippen molar-refractivity contribution in [1.82, 2.24) is 10.4 Å². The van der Waals surface area contributed by atoms with Gasteiger partial charge < -0.3 is 19.7 Å². The number of benzene rings is 1. The number of carbonyl (C=O) groups is 2. The number of amides is 3. The van der Waals surface area contributed by atoms with Gasteiger partial charge in [0.05, 0.1) is 26.1 Å². The van der Waals surface area contributed by atoms with Crippen LogP contribution in [0, 0.1) is 5.92 Å². The van der Waals surface area contributed by atoms with Gasteiger partial charge in [0.2, 0.25) is 0 Å². The number of ether oxygens (including phenoxy) is 2. The number of anilines is 1. The predicted molar refractivity (Wildman–Crippen MR) is 98.3 cm³/mol. The summed E-state index contributed by atoms with van der Waals surface area (Å²) in [5, 5.41) is 11.7. The number of methoxy groups -OCH3 is 1. The fourth-order valence-corrected chi connectivity index (χ4v) is 3.12. The molecule has 8 nitrogen and oxygen atoms in total. The van der Waals surface area contributed by atoms with Gasteiger partial charge in [0.25, 0.3) is 5.91 Å². The van der Waals surface area contributed by atoms with Crippen LogP contribution in [0.25, 0.3) is 0 Å². The van der Waals surface area contributed by atoms with Crippen molar-refractivity contribution in [2.45, 2.75) is 19.4 Å². The molecule has 0 radical (unpaired) electrons. The van der Waals surface area contributed by atoms with Gasteiger partial charge in [-0.1, -0.05) is 6.08 Å². The first-order chi connectivity index (χ1) is 13.0. The molecule has 27 heavy (non-hydrogen) atoms. The number of hydroxylamine groups is 1. The lowest BCUT2D eigenvalue weighted by atomic mass is 9.94. The maximum atomic E-state index is 12.7. The minimum absolute atomic E-state index is 0.229. The molecule has 1 saturated heterocycles. The van der Waals surface area contributed by atoms with Crippen LogP contribution in [-0.2, 0) is 9.53 Å². The number of allylic oxidation sites excluding steroid dienone is 1. The van der Waals surface area contributed by atoms with Gasteiger partial charge in [-0.05, 0) is 43.7 Å². The number of rotatable bonds is 3. The Morgan fingerprint density at radius 3 is 2.70 bits per heavy atom. The standard InChI is InChI=1S/C19H23N3O5/c1-12-10-22(19(24)20-15-5-7-16(26-2)8-6-15)11-14-4-3-13(18(23)21-25)9-17(14)27-12/h4-9,12-13,25H,3,10-11H2,1-2H3,(H,20,24)(H,21,23)/t12-,13?/m1/s1. The third-order valence-corrected chi connectivity index (χ3v) is 4.53. The SMILES string of the molecule is COc1ccc(NC(=O)N2CC3=CCC(C(=O)NO)C=C3O[C@H](C)C2)cc1. The highest BCUT2D eigenvalue weighted by Crippen LogP contribution is 2.29. The van der Waals surface area contributed by atoms with Gasteiger partial charge in [0.15, 0.2) is 0 Å². The molecule has 1 aromatic carbocycles. The average Bonchev–Trinajstić information content (AvgIpc) is 2.85. The fraction of sp³-hybridized carbons (Fsp3) is 0.368. The van der Waals surface area contributed by atoms with Crippen molar-refractivity contribution in [2.24, 2.45) is 5.92 Å². The van der Waals surface area contributed by atoms with Gasteiger partial charge >= 0.3 is 6.03 Å². The second-order valence-electron chi connectivity index (χ2n) is 6.55. The lowest BCUT2D eigenvalue weighted by molar-refractivity contribution is -0.131. The normalized spacial score (nSPS) is 21.7. The highest BCUT2D eigenvalue weighted by molar-refractivity contribution is 5.89. The molecule has 1 aliphatic carbocycles. The Labute approximate surface area is 157 Å². The van der Waals surface area contributed by atoms with Crippen molar-refractivity contribution in [3.8, 4) is 5.75 Å². The van der Waals surface area contributed by atoms with Crippen molar-refractivity contribution >= 4 is 17.6 Å². The summed E-state index contributed by atoms with van der Waals surface area (Å²) >= 11 is 0. The highest BCUT2D eigenvalue weighted by Gasteiger charge is 2.29. The predicted octanol–water partition coefficient (Wildman–Crippen LogP) is 2.28. The van der Waals surface area contributed by atoms with Gasteiger partial charge in [-0.2, -0.15) is 0 Å². The largest absolute Gasteiger partial charge is 0.497 e. The molecule has 1 unspecified atom stereocenters. The average molecular weight is 373 g/mol. The Morgan fingerprint density at radius 2 is 2.04 bits per heavy atom. The molecule has 0 saturated carbocycles. The summed E-state index contributed by atoms with van der Waals surface area (Å²) in [6.07, 6.45) is 3.78. The molecule has 2 aliphatic rings. The van der Waals surface area contributed by atoms with Gasteiger partial charge in [-0.25, -0.2) is 10.3 Å². The van der Waals surface area contributed by atoms with Crippen LogP contribution in [0.3, 0.4) is 0 Å². The number of hydrogen-bond acceptors (Lipinski definition) is 5. The lowest BCUT2D eigenvalue weighted by Gasteiger charge is -2.23. The van der Waals surface area contributed by atoms with Crippen molar-refractivity contribution < 1.29 is 24.3 Å². The van der Waals surface area contributed by atoms with Crippen LogP contribution in [0.5, 0.6) is 5.75 Å². The lowest BCUT2D eigenvalue weighted by Crippen LogP contribution is -2.39. The number of fused-ring (bicyclic) bond motifs is 1. The van der Waals surface area contributed by atoms with Gasteiger partial charge in [0, 0.05) is 11.3 Å². The molecule has 144 valence electrons.